The van der Waals surface area contributed by atoms with Crippen molar-refractivity contribution in [2.45, 2.75) is 19.8 Å². The van der Waals surface area contributed by atoms with Crippen LogP contribution in [0.3, 0.4) is 0 Å². The molecular weight excluding hydrogens is 412 g/mol. The molecular formula is C28H30N2O3. The molecule has 0 saturated carbocycles. The van der Waals surface area contributed by atoms with Gasteiger partial charge in [-0.05, 0) is 48.2 Å². The summed E-state index contributed by atoms with van der Waals surface area (Å²) in [4.78, 5) is 29.9. The highest BCUT2D eigenvalue weighted by Gasteiger charge is 2.30. The fourth-order valence-corrected chi connectivity index (χ4v) is 4.17. The predicted octanol–water partition coefficient (Wildman–Crippen LogP) is 4.19. The van der Waals surface area contributed by atoms with Gasteiger partial charge in [0.25, 0.3) is 5.91 Å². The zero-order valence-corrected chi connectivity index (χ0v) is 19.2. The summed E-state index contributed by atoms with van der Waals surface area (Å²) in [7, 11) is 0. The van der Waals surface area contributed by atoms with Crippen LogP contribution in [0.15, 0.2) is 78.9 Å². The minimum atomic E-state index is -0.345. The third kappa shape index (κ3) is 5.43. The number of hydrogen-bond donors (Lipinski definition) is 0. The zero-order valence-electron chi connectivity index (χ0n) is 19.2. The Labute approximate surface area is 195 Å². The van der Waals surface area contributed by atoms with Crippen molar-refractivity contribution in [3.8, 4) is 5.75 Å². The van der Waals surface area contributed by atoms with Crippen molar-refractivity contribution in [2.24, 2.45) is 0 Å². The van der Waals surface area contributed by atoms with Crippen LogP contribution < -0.4 is 4.74 Å². The number of aryl methyl sites for hydroxylation is 2. The number of rotatable bonds is 6. The number of carbonyl (C=O) groups excluding carboxylic acids is 2. The van der Waals surface area contributed by atoms with E-state index >= 15 is 0 Å². The number of benzene rings is 3. The molecule has 3 aromatic rings. The average molecular weight is 443 g/mol. The summed E-state index contributed by atoms with van der Waals surface area (Å²) in [5.41, 5.74) is 4.29. The van der Waals surface area contributed by atoms with E-state index < -0.39 is 0 Å². The molecule has 0 aliphatic carbocycles. The maximum Gasteiger partial charge on any atom is 0.260 e. The summed E-state index contributed by atoms with van der Waals surface area (Å²) in [6.07, 6.45) is 0. The highest BCUT2D eigenvalue weighted by molar-refractivity contribution is 5.87. The van der Waals surface area contributed by atoms with E-state index in [9.17, 15) is 9.59 Å². The van der Waals surface area contributed by atoms with Crippen LogP contribution in [0.2, 0.25) is 0 Å². The van der Waals surface area contributed by atoms with Crippen molar-refractivity contribution in [2.75, 3.05) is 32.8 Å². The minimum Gasteiger partial charge on any atom is -0.484 e. The number of hydrogen-bond acceptors (Lipinski definition) is 3. The third-order valence-corrected chi connectivity index (χ3v) is 6.30. The maximum atomic E-state index is 13.5. The molecule has 1 heterocycles. The number of piperazine rings is 1. The van der Waals surface area contributed by atoms with Crippen LogP contribution in [-0.2, 0) is 9.59 Å². The first kappa shape index (κ1) is 22.6. The van der Waals surface area contributed by atoms with Crippen molar-refractivity contribution < 1.29 is 14.3 Å². The number of nitrogens with zero attached hydrogens (tertiary/aromatic N) is 2. The van der Waals surface area contributed by atoms with Crippen molar-refractivity contribution in [3.05, 3.63) is 101 Å². The van der Waals surface area contributed by atoms with Crippen molar-refractivity contribution in [1.82, 2.24) is 9.80 Å². The molecule has 0 radical (unpaired) electrons. The lowest BCUT2D eigenvalue weighted by Gasteiger charge is -2.36. The molecule has 5 heteroatoms. The lowest BCUT2D eigenvalue weighted by molar-refractivity contribution is -0.141. The molecule has 0 spiro atoms. The van der Waals surface area contributed by atoms with Gasteiger partial charge in [0.2, 0.25) is 5.91 Å². The molecule has 4 rings (SSSR count). The van der Waals surface area contributed by atoms with Gasteiger partial charge in [0.1, 0.15) is 5.75 Å². The van der Waals surface area contributed by atoms with Crippen LogP contribution in [0.25, 0.3) is 0 Å². The second-order valence-electron chi connectivity index (χ2n) is 8.50. The molecule has 1 aliphatic rings. The van der Waals surface area contributed by atoms with E-state index in [4.69, 9.17) is 4.74 Å². The van der Waals surface area contributed by atoms with Gasteiger partial charge in [0.15, 0.2) is 6.61 Å². The molecule has 1 aliphatic heterocycles. The molecule has 0 N–H and O–H groups in total. The predicted molar refractivity (Wildman–Crippen MR) is 129 cm³/mol. The van der Waals surface area contributed by atoms with Crippen LogP contribution >= 0.6 is 0 Å². The smallest absolute Gasteiger partial charge is 0.260 e. The molecule has 0 atom stereocenters. The molecule has 0 bridgehead atoms. The highest BCUT2D eigenvalue weighted by atomic mass is 16.5. The lowest BCUT2D eigenvalue weighted by Crippen LogP contribution is -2.52. The molecule has 5 nitrogen and oxygen atoms in total. The largest absolute Gasteiger partial charge is 0.484 e. The SMILES string of the molecule is Cc1ccc(OCC(=O)N2CCN(C(=O)C(c3ccccc3)c3ccccc3)CC2)cc1C. The Balaban J connectivity index is 1.37. The normalized spacial score (nSPS) is 13.8. The van der Waals surface area contributed by atoms with E-state index in [0.29, 0.717) is 31.9 Å². The lowest BCUT2D eigenvalue weighted by atomic mass is 9.90. The topological polar surface area (TPSA) is 49.9 Å². The fourth-order valence-electron chi connectivity index (χ4n) is 4.17. The quantitative estimate of drug-likeness (QED) is 0.575. The summed E-state index contributed by atoms with van der Waals surface area (Å²) in [5, 5.41) is 0. The van der Waals surface area contributed by atoms with E-state index in [0.717, 1.165) is 16.7 Å². The van der Waals surface area contributed by atoms with Gasteiger partial charge in [-0.1, -0.05) is 66.7 Å². The monoisotopic (exact) mass is 442 g/mol. The molecule has 0 unspecified atom stereocenters. The molecule has 170 valence electrons. The summed E-state index contributed by atoms with van der Waals surface area (Å²) in [6.45, 7) is 6.14. The van der Waals surface area contributed by atoms with Gasteiger partial charge in [0.05, 0.1) is 5.92 Å². The van der Waals surface area contributed by atoms with E-state index in [1.54, 1.807) is 4.90 Å². The first-order valence-electron chi connectivity index (χ1n) is 11.4. The van der Waals surface area contributed by atoms with Crippen LogP contribution in [0, 0.1) is 13.8 Å². The van der Waals surface area contributed by atoms with Gasteiger partial charge in [-0.25, -0.2) is 0 Å². The highest BCUT2D eigenvalue weighted by Crippen LogP contribution is 2.27. The number of ether oxygens (including phenoxy) is 1. The fraction of sp³-hybridized carbons (Fsp3) is 0.286. The van der Waals surface area contributed by atoms with Gasteiger partial charge >= 0.3 is 0 Å². The van der Waals surface area contributed by atoms with Crippen LogP contribution in [-0.4, -0.2) is 54.4 Å². The van der Waals surface area contributed by atoms with Gasteiger partial charge in [-0.3, -0.25) is 9.59 Å². The first-order valence-corrected chi connectivity index (χ1v) is 11.4. The van der Waals surface area contributed by atoms with Gasteiger partial charge in [-0.2, -0.15) is 0 Å². The Hall–Kier alpha value is -3.60. The van der Waals surface area contributed by atoms with E-state index in [2.05, 4.69) is 0 Å². The van der Waals surface area contributed by atoms with Crippen LogP contribution in [0.4, 0.5) is 0 Å². The summed E-state index contributed by atoms with van der Waals surface area (Å²) < 4.78 is 5.71. The number of amides is 2. The second kappa shape index (κ2) is 10.3. The van der Waals surface area contributed by atoms with E-state index in [-0.39, 0.29) is 24.3 Å². The van der Waals surface area contributed by atoms with Crippen LogP contribution in [0.5, 0.6) is 5.75 Å². The molecule has 1 saturated heterocycles. The Morgan fingerprint density at radius 1 is 0.758 bits per heavy atom. The van der Waals surface area contributed by atoms with Crippen molar-refractivity contribution in [3.63, 3.8) is 0 Å². The first-order chi connectivity index (χ1) is 16.0. The zero-order chi connectivity index (χ0) is 23.2. The summed E-state index contributed by atoms with van der Waals surface area (Å²) in [6, 6.07) is 25.6. The van der Waals surface area contributed by atoms with Crippen molar-refractivity contribution in [1.29, 1.82) is 0 Å². The Morgan fingerprint density at radius 2 is 1.30 bits per heavy atom. The average Bonchev–Trinajstić information content (AvgIpc) is 2.86. The molecule has 33 heavy (non-hydrogen) atoms. The third-order valence-electron chi connectivity index (χ3n) is 6.30. The van der Waals surface area contributed by atoms with Crippen LogP contribution in [0.1, 0.15) is 28.2 Å². The second-order valence-corrected chi connectivity index (χ2v) is 8.50. The standard InChI is InChI=1S/C28H30N2O3/c1-21-13-14-25(19-22(21)2)33-20-26(31)29-15-17-30(18-16-29)28(32)27(23-9-5-3-6-10-23)24-11-7-4-8-12-24/h3-14,19,27H,15-18,20H2,1-2H3. The Morgan fingerprint density at radius 3 is 1.85 bits per heavy atom. The Bertz CT molecular complexity index is 1050. The number of carbonyl (C=O) groups is 2. The minimum absolute atomic E-state index is 0.00705. The van der Waals surface area contributed by atoms with E-state index in [1.807, 2.05) is 97.6 Å². The Kier molecular flexibility index (Phi) is 7.08. The van der Waals surface area contributed by atoms with Gasteiger partial charge in [-0.15, -0.1) is 0 Å². The van der Waals surface area contributed by atoms with Gasteiger partial charge < -0.3 is 14.5 Å². The maximum absolute atomic E-state index is 13.5. The molecule has 2 amide bonds. The molecule has 0 aromatic heterocycles. The van der Waals surface area contributed by atoms with Crippen molar-refractivity contribution >= 4 is 11.8 Å². The molecule has 1 fully saturated rings. The summed E-state index contributed by atoms with van der Waals surface area (Å²) in [5.74, 6) is 0.380. The summed E-state index contributed by atoms with van der Waals surface area (Å²) >= 11 is 0. The van der Waals surface area contributed by atoms with E-state index in [1.165, 1.54) is 5.56 Å². The molecule has 3 aromatic carbocycles. The van der Waals surface area contributed by atoms with Gasteiger partial charge in [0, 0.05) is 26.2 Å².